The van der Waals surface area contributed by atoms with E-state index in [0.717, 1.165) is 21.8 Å². The van der Waals surface area contributed by atoms with Crippen molar-refractivity contribution in [3.8, 4) is 16.2 Å². The van der Waals surface area contributed by atoms with Gasteiger partial charge in [0.2, 0.25) is 0 Å². The Labute approximate surface area is 149 Å². The molecule has 0 fully saturated rings. The van der Waals surface area contributed by atoms with Crippen LogP contribution in [0.5, 0.6) is 5.75 Å². The zero-order chi connectivity index (χ0) is 17.6. The predicted octanol–water partition coefficient (Wildman–Crippen LogP) is 3.77. The Kier molecular flexibility index (Phi) is 5.11. The van der Waals surface area contributed by atoms with Gasteiger partial charge in [-0.3, -0.25) is 4.79 Å². The predicted molar refractivity (Wildman–Crippen MR) is 102 cm³/mol. The van der Waals surface area contributed by atoms with Crippen LogP contribution in [-0.4, -0.2) is 19.2 Å². The molecule has 3 N–H and O–H groups in total. The maximum absolute atomic E-state index is 12.3. The normalized spacial score (nSPS) is 10.8. The molecule has 25 heavy (non-hydrogen) atoms. The summed E-state index contributed by atoms with van der Waals surface area (Å²) in [6.45, 7) is 0. The zero-order valence-corrected chi connectivity index (χ0v) is 14.4. The average molecular weight is 351 g/mol. The summed E-state index contributed by atoms with van der Waals surface area (Å²) in [5.74, 6) is 0.389. The molecule has 0 atom stereocenters. The molecule has 0 bridgehead atoms. The van der Waals surface area contributed by atoms with Crippen LogP contribution < -0.4 is 15.9 Å². The quantitative estimate of drug-likeness (QED) is 0.543. The van der Waals surface area contributed by atoms with Crippen molar-refractivity contribution in [2.45, 2.75) is 0 Å². The number of hydrogen-bond donors (Lipinski definition) is 2. The van der Waals surface area contributed by atoms with Gasteiger partial charge in [-0.1, -0.05) is 42.5 Å². The van der Waals surface area contributed by atoms with Gasteiger partial charge in [-0.25, -0.2) is 5.43 Å². The van der Waals surface area contributed by atoms with Crippen molar-refractivity contribution < 1.29 is 9.53 Å². The first-order valence-electron chi connectivity index (χ1n) is 7.59. The average Bonchev–Trinajstić information content (AvgIpc) is 3.04. The van der Waals surface area contributed by atoms with Gasteiger partial charge in [-0.15, -0.1) is 11.3 Å². The first-order valence-corrected chi connectivity index (χ1v) is 8.41. The van der Waals surface area contributed by atoms with Crippen molar-refractivity contribution in [1.29, 1.82) is 0 Å². The molecule has 0 aliphatic rings. The number of nitrogen functional groups attached to an aromatic ring is 1. The van der Waals surface area contributed by atoms with E-state index in [2.05, 4.69) is 10.5 Å². The number of carbonyl (C=O) groups is 1. The number of thiophene rings is 1. The number of nitrogens with two attached hydrogens (primary N) is 1. The molecule has 1 amide bonds. The van der Waals surface area contributed by atoms with Crippen molar-refractivity contribution in [1.82, 2.24) is 5.43 Å². The minimum absolute atomic E-state index is 0.338. The van der Waals surface area contributed by atoms with Crippen molar-refractivity contribution in [2.24, 2.45) is 5.10 Å². The van der Waals surface area contributed by atoms with Crippen LogP contribution in [0, 0.1) is 0 Å². The summed E-state index contributed by atoms with van der Waals surface area (Å²) in [6, 6.07) is 19.0. The maximum atomic E-state index is 12.3. The monoisotopic (exact) mass is 351 g/mol. The van der Waals surface area contributed by atoms with E-state index in [4.69, 9.17) is 10.5 Å². The fourth-order valence-corrected chi connectivity index (χ4v) is 3.20. The van der Waals surface area contributed by atoms with Gasteiger partial charge in [0, 0.05) is 4.88 Å². The van der Waals surface area contributed by atoms with E-state index in [1.165, 1.54) is 11.3 Å². The Hall–Kier alpha value is -3.12. The van der Waals surface area contributed by atoms with Crippen molar-refractivity contribution in [3.05, 3.63) is 71.8 Å². The van der Waals surface area contributed by atoms with Gasteiger partial charge in [-0.05, 0) is 29.3 Å². The van der Waals surface area contributed by atoms with Gasteiger partial charge in [0.05, 0.1) is 23.9 Å². The number of anilines is 1. The fraction of sp³-hybridized carbons (Fsp3) is 0.0526. The van der Waals surface area contributed by atoms with Crippen LogP contribution in [0.15, 0.2) is 65.8 Å². The molecule has 0 unspecified atom stereocenters. The van der Waals surface area contributed by atoms with Crippen molar-refractivity contribution in [2.75, 3.05) is 12.8 Å². The van der Waals surface area contributed by atoms with Gasteiger partial charge in [-0.2, -0.15) is 5.10 Å². The summed E-state index contributed by atoms with van der Waals surface area (Å²) in [7, 11) is 1.60. The molecule has 5 nitrogen and oxygen atoms in total. The zero-order valence-electron chi connectivity index (χ0n) is 13.6. The molecule has 1 heterocycles. The SMILES string of the molecule is COc1cccc(/C=N\NC(=O)c2cc(-c3ccccc3)sc2N)c1. The number of hydrogen-bond acceptors (Lipinski definition) is 5. The number of hydrazone groups is 1. The van der Waals surface area contributed by atoms with Crippen molar-refractivity contribution >= 4 is 28.5 Å². The molecule has 1 aromatic heterocycles. The minimum Gasteiger partial charge on any atom is -0.497 e. The molecule has 6 heteroatoms. The van der Waals surface area contributed by atoms with Crippen LogP contribution in [-0.2, 0) is 0 Å². The van der Waals surface area contributed by atoms with Crippen LogP contribution in [0.4, 0.5) is 5.00 Å². The summed E-state index contributed by atoms with van der Waals surface area (Å²) < 4.78 is 5.15. The molecule has 0 aliphatic heterocycles. The first-order chi connectivity index (χ1) is 12.2. The number of methoxy groups -OCH3 is 1. The second kappa shape index (κ2) is 7.63. The lowest BCUT2D eigenvalue weighted by Gasteiger charge is -2.00. The number of nitrogens with one attached hydrogen (secondary N) is 1. The molecular formula is C19H17N3O2S. The Morgan fingerprint density at radius 2 is 1.96 bits per heavy atom. The summed E-state index contributed by atoms with van der Waals surface area (Å²) >= 11 is 1.38. The number of benzene rings is 2. The Morgan fingerprint density at radius 1 is 1.16 bits per heavy atom. The maximum Gasteiger partial charge on any atom is 0.274 e. The lowest BCUT2D eigenvalue weighted by atomic mass is 10.1. The number of ether oxygens (including phenoxy) is 1. The Morgan fingerprint density at radius 3 is 2.72 bits per heavy atom. The molecule has 2 aromatic carbocycles. The van der Waals surface area contributed by atoms with Gasteiger partial charge < -0.3 is 10.5 Å². The van der Waals surface area contributed by atoms with E-state index in [-0.39, 0.29) is 5.91 Å². The van der Waals surface area contributed by atoms with E-state index >= 15 is 0 Å². The van der Waals surface area contributed by atoms with Crippen LogP contribution >= 0.6 is 11.3 Å². The van der Waals surface area contributed by atoms with Gasteiger partial charge in [0.1, 0.15) is 5.75 Å². The third-order valence-electron chi connectivity index (χ3n) is 3.54. The lowest BCUT2D eigenvalue weighted by Crippen LogP contribution is -2.18. The van der Waals surface area contributed by atoms with Crippen LogP contribution in [0.2, 0.25) is 0 Å². The highest BCUT2D eigenvalue weighted by Crippen LogP contribution is 2.33. The molecule has 3 aromatic rings. The highest BCUT2D eigenvalue weighted by molar-refractivity contribution is 7.19. The van der Waals surface area contributed by atoms with Gasteiger partial charge in [0.25, 0.3) is 5.91 Å². The Bertz CT molecular complexity index is 904. The standard InChI is InChI=1S/C19H17N3O2S/c1-24-15-9-5-6-13(10-15)12-21-22-19(23)16-11-17(25-18(16)20)14-7-3-2-4-8-14/h2-12H,20H2,1H3,(H,22,23)/b21-12-. The van der Waals surface area contributed by atoms with E-state index in [0.29, 0.717) is 10.6 Å². The highest BCUT2D eigenvalue weighted by Gasteiger charge is 2.14. The molecule has 126 valence electrons. The summed E-state index contributed by atoms with van der Waals surface area (Å²) in [6.07, 6.45) is 1.56. The molecule has 0 aliphatic carbocycles. The van der Waals surface area contributed by atoms with E-state index in [1.807, 2.05) is 54.6 Å². The minimum atomic E-state index is -0.338. The number of amides is 1. The second-order valence-corrected chi connectivity index (χ2v) is 6.31. The van der Waals surface area contributed by atoms with Gasteiger partial charge >= 0.3 is 0 Å². The molecule has 0 saturated carbocycles. The van der Waals surface area contributed by atoms with Crippen LogP contribution in [0.25, 0.3) is 10.4 Å². The van der Waals surface area contributed by atoms with Crippen molar-refractivity contribution in [3.63, 3.8) is 0 Å². The third kappa shape index (κ3) is 4.05. The molecule has 0 spiro atoms. The largest absolute Gasteiger partial charge is 0.497 e. The fourth-order valence-electron chi connectivity index (χ4n) is 2.27. The smallest absolute Gasteiger partial charge is 0.274 e. The topological polar surface area (TPSA) is 76.7 Å². The van der Waals surface area contributed by atoms with Crippen LogP contribution in [0.3, 0.4) is 0 Å². The summed E-state index contributed by atoms with van der Waals surface area (Å²) in [4.78, 5) is 13.2. The number of nitrogens with zero attached hydrogens (tertiary/aromatic N) is 1. The lowest BCUT2D eigenvalue weighted by molar-refractivity contribution is 0.0956. The summed E-state index contributed by atoms with van der Waals surface area (Å²) in [5.41, 5.74) is 10.8. The van der Waals surface area contributed by atoms with Gasteiger partial charge in [0.15, 0.2) is 0 Å². The number of rotatable bonds is 5. The second-order valence-electron chi connectivity index (χ2n) is 5.23. The highest BCUT2D eigenvalue weighted by atomic mass is 32.1. The van der Waals surface area contributed by atoms with E-state index in [9.17, 15) is 4.79 Å². The Balaban J connectivity index is 1.71. The first kappa shape index (κ1) is 16.7. The van der Waals surface area contributed by atoms with Crippen LogP contribution in [0.1, 0.15) is 15.9 Å². The summed E-state index contributed by atoms with van der Waals surface area (Å²) in [5, 5.41) is 4.45. The number of carbonyl (C=O) groups excluding carboxylic acids is 1. The third-order valence-corrected chi connectivity index (χ3v) is 4.55. The molecule has 0 saturated heterocycles. The molecular weight excluding hydrogens is 334 g/mol. The van der Waals surface area contributed by atoms with E-state index < -0.39 is 0 Å². The van der Waals surface area contributed by atoms with E-state index in [1.54, 1.807) is 19.4 Å². The molecule has 3 rings (SSSR count). The molecule has 0 radical (unpaired) electrons.